The van der Waals surface area contributed by atoms with Gasteiger partial charge in [-0.25, -0.2) is 4.79 Å². The SMILES string of the molecule is CC(C)(C)[Si](OCCOCC(=O)OCC(Cl)(Cl)Cl)(c1ccccc1)c1ccccc1. The lowest BCUT2D eigenvalue weighted by Gasteiger charge is -2.43. The maximum Gasteiger partial charge on any atom is 0.332 e. The summed E-state index contributed by atoms with van der Waals surface area (Å²) in [5.74, 6) is -0.591. The predicted octanol–water partition coefficient (Wildman–Crippen LogP) is 4.49. The van der Waals surface area contributed by atoms with E-state index in [9.17, 15) is 4.79 Å². The fourth-order valence-electron chi connectivity index (χ4n) is 3.37. The third kappa shape index (κ3) is 6.97. The van der Waals surface area contributed by atoms with Gasteiger partial charge in [-0.15, -0.1) is 0 Å². The van der Waals surface area contributed by atoms with E-state index in [2.05, 4.69) is 45.0 Å². The summed E-state index contributed by atoms with van der Waals surface area (Å²) in [6, 6.07) is 20.6. The molecule has 0 heterocycles. The molecule has 0 atom stereocenters. The average molecular weight is 490 g/mol. The Balaban J connectivity index is 2.09. The van der Waals surface area contributed by atoms with Crippen molar-refractivity contribution < 1.29 is 18.7 Å². The number of ether oxygens (including phenoxy) is 2. The van der Waals surface area contributed by atoms with Gasteiger partial charge in [-0.1, -0.05) is 116 Å². The maximum atomic E-state index is 11.7. The lowest BCUT2D eigenvalue weighted by molar-refractivity contribution is -0.149. The van der Waals surface area contributed by atoms with Crippen molar-refractivity contribution in [1.82, 2.24) is 0 Å². The second-order valence-electron chi connectivity index (χ2n) is 7.84. The molecule has 164 valence electrons. The van der Waals surface area contributed by atoms with Crippen LogP contribution in [0.5, 0.6) is 0 Å². The van der Waals surface area contributed by atoms with Gasteiger partial charge in [0, 0.05) is 0 Å². The Hall–Kier alpha value is -1.08. The number of carbonyl (C=O) groups excluding carboxylic acids is 1. The average Bonchev–Trinajstić information content (AvgIpc) is 2.69. The molecular weight excluding hydrogens is 463 g/mol. The van der Waals surface area contributed by atoms with E-state index in [0.717, 1.165) is 0 Å². The molecule has 2 aromatic carbocycles. The van der Waals surface area contributed by atoms with Crippen molar-refractivity contribution in [1.29, 1.82) is 0 Å². The summed E-state index contributed by atoms with van der Waals surface area (Å²) in [7, 11) is -2.62. The Bertz CT molecular complexity index is 750. The molecule has 0 aliphatic rings. The summed E-state index contributed by atoms with van der Waals surface area (Å²) in [6.07, 6.45) is 0. The highest BCUT2D eigenvalue weighted by atomic mass is 35.6. The van der Waals surface area contributed by atoms with Gasteiger partial charge in [-0.3, -0.25) is 0 Å². The van der Waals surface area contributed by atoms with E-state index in [1.54, 1.807) is 0 Å². The van der Waals surface area contributed by atoms with Crippen molar-refractivity contribution >= 4 is 59.5 Å². The first-order valence-corrected chi connectivity index (χ1v) is 12.7. The molecule has 2 rings (SSSR count). The minimum absolute atomic E-state index is 0.126. The van der Waals surface area contributed by atoms with E-state index in [1.165, 1.54) is 10.4 Å². The number of carbonyl (C=O) groups is 1. The monoisotopic (exact) mass is 488 g/mol. The molecule has 0 aromatic heterocycles. The van der Waals surface area contributed by atoms with E-state index < -0.39 is 18.1 Å². The molecule has 0 aliphatic heterocycles. The smallest absolute Gasteiger partial charge is 0.332 e. The van der Waals surface area contributed by atoms with Crippen LogP contribution in [0.1, 0.15) is 20.8 Å². The fourth-order valence-corrected chi connectivity index (χ4v) is 8.08. The molecule has 0 saturated carbocycles. The number of alkyl halides is 3. The van der Waals surface area contributed by atoms with Crippen molar-refractivity contribution in [3.05, 3.63) is 60.7 Å². The molecule has 2 aromatic rings. The van der Waals surface area contributed by atoms with Gasteiger partial charge in [0.15, 0.2) is 0 Å². The summed E-state index contributed by atoms with van der Waals surface area (Å²) in [4.78, 5) is 11.7. The molecule has 30 heavy (non-hydrogen) atoms. The lowest BCUT2D eigenvalue weighted by Crippen LogP contribution is -2.66. The summed E-state index contributed by atoms with van der Waals surface area (Å²) in [6.45, 7) is 6.64. The van der Waals surface area contributed by atoms with Gasteiger partial charge in [-0.2, -0.15) is 0 Å². The second kappa shape index (κ2) is 11.0. The summed E-state index contributed by atoms with van der Waals surface area (Å²) in [5.41, 5.74) is 0. The molecule has 0 aliphatic carbocycles. The van der Waals surface area contributed by atoms with Crippen LogP contribution in [0.4, 0.5) is 0 Å². The third-order valence-corrected chi connectivity index (χ3v) is 9.95. The van der Waals surface area contributed by atoms with Crippen LogP contribution >= 0.6 is 34.8 Å². The fraction of sp³-hybridized carbons (Fsp3) is 0.409. The van der Waals surface area contributed by atoms with Crippen LogP contribution in [0.2, 0.25) is 5.04 Å². The maximum absolute atomic E-state index is 11.7. The van der Waals surface area contributed by atoms with Crippen molar-refractivity contribution in [3.8, 4) is 0 Å². The van der Waals surface area contributed by atoms with Crippen molar-refractivity contribution in [2.45, 2.75) is 29.6 Å². The Kier molecular flexibility index (Phi) is 9.22. The van der Waals surface area contributed by atoms with Gasteiger partial charge >= 0.3 is 5.97 Å². The van der Waals surface area contributed by atoms with Crippen molar-refractivity contribution in [2.75, 3.05) is 26.4 Å². The van der Waals surface area contributed by atoms with Crippen LogP contribution in [0, 0.1) is 0 Å². The third-order valence-electron chi connectivity index (χ3n) is 4.58. The topological polar surface area (TPSA) is 44.8 Å². The van der Waals surface area contributed by atoms with E-state index in [-0.39, 0.29) is 24.9 Å². The summed E-state index contributed by atoms with van der Waals surface area (Å²) < 4.78 is 15.3. The zero-order chi connectivity index (χ0) is 22.3. The van der Waals surface area contributed by atoms with Crippen LogP contribution in [0.15, 0.2) is 60.7 Å². The lowest BCUT2D eigenvalue weighted by atomic mass is 10.2. The van der Waals surface area contributed by atoms with Crippen LogP contribution in [-0.2, 0) is 18.7 Å². The van der Waals surface area contributed by atoms with E-state index >= 15 is 0 Å². The van der Waals surface area contributed by atoms with Gasteiger partial charge in [0.05, 0.1) is 13.2 Å². The highest BCUT2D eigenvalue weighted by Gasteiger charge is 2.49. The Morgan fingerprint density at radius 1 is 0.867 bits per heavy atom. The Morgan fingerprint density at radius 3 is 1.80 bits per heavy atom. The Labute approximate surface area is 194 Å². The quantitative estimate of drug-likeness (QED) is 0.225. The predicted molar refractivity (Wildman–Crippen MR) is 126 cm³/mol. The zero-order valence-electron chi connectivity index (χ0n) is 17.4. The molecule has 0 N–H and O–H groups in total. The number of hydrogen-bond donors (Lipinski definition) is 0. The molecule has 8 heteroatoms. The molecule has 0 spiro atoms. The van der Waals surface area contributed by atoms with E-state index in [0.29, 0.717) is 6.61 Å². The molecule has 0 fully saturated rings. The van der Waals surface area contributed by atoms with Crippen LogP contribution in [0.3, 0.4) is 0 Å². The summed E-state index contributed by atoms with van der Waals surface area (Å²) in [5, 5.41) is 2.25. The van der Waals surface area contributed by atoms with Crippen LogP contribution in [0.25, 0.3) is 0 Å². The number of hydrogen-bond acceptors (Lipinski definition) is 4. The Morgan fingerprint density at radius 2 is 1.37 bits per heavy atom. The standard InChI is InChI=1S/C22H27Cl3O4Si/c1-21(2,3)30(18-10-6-4-7-11-18,19-12-8-5-9-13-19)29-15-14-27-16-20(26)28-17-22(23,24)25/h4-13H,14-17H2,1-3H3. The molecule has 0 saturated heterocycles. The first kappa shape index (κ1) is 25.2. The van der Waals surface area contributed by atoms with Gasteiger partial charge in [0.2, 0.25) is 3.79 Å². The normalized spacial score (nSPS) is 12.6. The van der Waals surface area contributed by atoms with E-state index in [1.807, 2.05) is 36.4 Å². The van der Waals surface area contributed by atoms with Crippen LogP contribution in [-0.4, -0.2) is 44.5 Å². The molecule has 0 bridgehead atoms. The first-order chi connectivity index (χ1) is 14.1. The largest absolute Gasteiger partial charge is 0.459 e. The number of benzene rings is 2. The number of rotatable bonds is 9. The highest BCUT2D eigenvalue weighted by Crippen LogP contribution is 2.36. The van der Waals surface area contributed by atoms with Gasteiger partial charge in [0.1, 0.15) is 13.2 Å². The molecule has 0 unspecified atom stereocenters. The van der Waals surface area contributed by atoms with Crippen LogP contribution < -0.4 is 10.4 Å². The molecule has 4 nitrogen and oxygen atoms in total. The molecule has 0 radical (unpaired) electrons. The van der Waals surface area contributed by atoms with Gasteiger partial charge in [-0.05, 0) is 15.4 Å². The van der Waals surface area contributed by atoms with Gasteiger partial charge < -0.3 is 13.9 Å². The van der Waals surface area contributed by atoms with Crippen molar-refractivity contribution in [3.63, 3.8) is 0 Å². The van der Waals surface area contributed by atoms with Gasteiger partial charge in [0.25, 0.3) is 8.32 Å². The minimum Gasteiger partial charge on any atom is -0.459 e. The zero-order valence-corrected chi connectivity index (χ0v) is 20.6. The van der Waals surface area contributed by atoms with Crippen molar-refractivity contribution in [2.24, 2.45) is 0 Å². The summed E-state index contributed by atoms with van der Waals surface area (Å²) >= 11 is 16.7. The molecular formula is C22H27Cl3O4Si. The number of halogens is 3. The highest BCUT2D eigenvalue weighted by molar-refractivity contribution is 6.99. The first-order valence-electron chi connectivity index (χ1n) is 9.61. The molecule has 0 amide bonds. The second-order valence-corrected chi connectivity index (χ2v) is 14.7. The minimum atomic E-state index is -2.62. The van der Waals surface area contributed by atoms with E-state index in [4.69, 9.17) is 48.7 Å². The number of esters is 1.